The van der Waals surface area contributed by atoms with E-state index >= 15 is 0 Å². The molecule has 0 fully saturated rings. The second kappa shape index (κ2) is 6.29. The minimum absolute atomic E-state index is 0.0803. The number of para-hydroxylation sites is 1. The second-order valence-electron chi connectivity index (χ2n) is 6.20. The Kier molecular flexibility index (Phi) is 4.02. The zero-order valence-electron chi connectivity index (χ0n) is 14.8. The Hall–Kier alpha value is -3.49. The van der Waals surface area contributed by atoms with Crippen molar-refractivity contribution in [2.45, 2.75) is 13.2 Å². The number of ether oxygens (including phenoxy) is 2. The Bertz CT molecular complexity index is 1100. The van der Waals surface area contributed by atoms with Crippen LogP contribution in [0, 0.1) is 12.9 Å². The maximum absolute atomic E-state index is 14.2. The van der Waals surface area contributed by atoms with E-state index in [0.717, 1.165) is 4.68 Å². The van der Waals surface area contributed by atoms with Crippen LogP contribution in [0.5, 0.6) is 11.5 Å². The van der Waals surface area contributed by atoms with Gasteiger partial charge in [0.1, 0.15) is 5.56 Å². The number of carbonyl (C=O) groups excluding carboxylic acids is 1. The van der Waals surface area contributed by atoms with Crippen LogP contribution in [0.4, 0.5) is 18.9 Å². The SMILES string of the molecule is Cc1nn(C)c(F)c1C(=O)Nc1ccccc1-c1ccc2c(c1)OC(F)(F)O2. The van der Waals surface area contributed by atoms with Crippen LogP contribution in [0.3, 0.4) is 0 Å². The van der Waals surface area contributed by atoms with Crippen molar-refractivity contribution in [3.05, 3.63) is 59.7 Å². The predicted octanol–water partition coefficient (Wildman–Crippen LogP) is 4.11. The molecule has 4 rings (SSSR count). The summed E-state index contributed by atoms with van der Waals surface area (Å²) in [5.74, 6) is -1.61. The summed E-state index contributed by atoms with van der Waals surface area (Å²) in [6.45, 7) is 1.53. The summed E-state index contributed by atoms with van der Waals surface area (Å²) >= 11 is 0. The Morgan fingerprint density at radius 3 is 2.57 bits per heavy atom. The van der Waals surface area contributed by atoms with E-state index in [0.29, 0.717) is 16.8 Å². The lowest BCUT2D eigenvalue weighted by atomic mass is 10.0. The Balaban J connectivity index is 1.68. The maximum atomic E-state index is 14.2. The number of nitrogens with zero attached hydrogens (tertiary/aromatic N) is 2. The number of aromatic nitrogens is 2. The van der Waals surface area contributed by atoms with Crippen LogP contribution in [0.2, 0.25) is 0 Å². The fourth-order valence-electron chi connectivity index (χ4n) is 3.03. The zero-order chi connectivity index (χ0) is 20.1. The van der Waals surface area contributed by atoms with Gasteiger partial charge in [0, 0.05) is 18.3 Å². The molecule has 2 heterocycles. The molecule has 0 spiro atoms. The van der Waals surface area contributed by atoms with Crippen LogP contribution in [-0.2, 0) is 7.05 Å². The molecule has 0 saturated heterocycles. The van der Waals surface area contributed by atoms with Gasteiger partial charge in [-0.25, -0.2) is 4.68 Å². The molecule has 1 aromatic heterocycles. The minimum atomic E-state index is -3.72. The summed E-state index contributed by atoms with van der Waals surface area (Å²) < 4.78 is 50.5. The topological polar surface area (TPSA) is 65.4 Å². The monoisotopic (exact) mass is 389 g/mol. The van der Waals surface area contributed by atoms with Crippen LogP contribution in [0.15, 0.2) is 42.5 Å². The van der Waals surface area contributed by atoms with E-state index in [1.165, 1.54) is 26.1 Å². The molecular weight excluding hydrogens is 375 g/mol. The highest BCUT2D eigenvalue weighted by Gasteiger charge is 2.43. The third kappa shape index (κ3) is 3.04. The van der Waals surface area contributed by atoms with Gasteiger partial charge in [0.05, 0.1) is 5.69 Å². The third-order valence-electron chi connectivity index (χ3n) is 4.27. The molecule has 0 radical (unpaired) electrons. The molecule has 1 N–H and O–H groups in total. The van der Waals surface area contributed by atoms with Gasteiger partial charge >= 0.3 is 6.29 Å². The van der Waals surface area contributed by atoms with Gasteiger partial charge in [-0.1, -0.05) is 24.3 Å². The van der Waals surface area contributed by atoms with Gasteiger partial charge < -0.3 is 14.8 Å². The lowest BCUT2D eigenvalue weighted by molar-refractivity contribution is -0.286. The third-order valence-corrected chi connectivity index (χ3v) is 4.27. The molecule has 1 aliphatic rings. The number of fused-ring (bicyclic) bond motifs is 1. The van der Waals surface area contributed by atoms with E-state index < -0.39 is 18.1 Å². The van der Waals surface area contributed by atoms with Gasteiger partial charge in [-0.3, -0.25) is 4.79 Å². The van der Waals surface area contributed by atoms with Crippen molar-refractivity contribution < 1.29 is 27.4 Å². The predicted molar refractivity (Wildman–Crippen MR) is 93.9 cm³/mol. The van der Waals surface area contributed by atoms with Crippen LogP contribution >= 0.6 is 0 Å². The maximum Gasteiger partial charge on any atom is 0.586 e. The number of aryl methyl sites for hydroxylation is 2. The van der Waals surface area contributed by atoms with Gasteiger partial charge in [0.15, 0.2) is 11.5 Å². The molecule has 2 aromatic carbocycles. The quantitative estimate of drug-likeness (QED) is 0.732. The van der Waals surface area contributed by atoms with Crippen molar-refractivity contribution in [2.24, 2.45) is 7.05 Å². The molecule has 0 aliphatic carbocycles. The highest BCUT2D eigenvalue weighted by molar-refractivity contribution is 6.07. The average Bonchev–Trinajstić information content (AvgIpc) is 3.07. The molecule has 0 bridgehead atoms. The Morgan fingerprint density at radius 1 is 1.14 bits per heavy atom. The largest absolute Gasteiger partial charge is 0.586 e. The van der Waals surface area contributed by atoms with E-state index in [-0.39, 0.29) is 22.8 Å². The summed E-state index contributed by atoms with van der Waals surface area (Å²) in [6, 6.07) is 11.0. The highest BCUT2D eigenvalue weighted by atomic mass is 19.3. The highest BCUT2D eigenvalue weighted by Crippen LogP contribution is 2.43. The first-order valence-corrected chi connectivity index (χ1v) is 8.25. The van der Waals surface area contributed by atoms with Crippen molar-refractivity contribution in [2.75, 3.05) is 5.32 Å². The van der Waals surface area contributed by atoms with Gasteiger partial charge in [0.25, 0.3) is 5.91 Å². The van der Waals surface area contributed by atoms with Gasteiger partial charge in [-0.05, 0) is 30.7 Å². The number of carbonyl (C=O) groups is 1. The van der Waals surface area contributed by atoms with E-state index in [1.807, 2.05) is 0 Å². The molecule has 28 heavy (non-hydrogen) atoms. The van der Waals surface area contributed by atoms with Crippen molar-refractivity contribution in [3.8, 4) is 22.6 Å². The van der Waals surface area contributed by atoms with E-state index in [4.69, 9.17) is 0 Å². The molecule has 3 aromatic rings. The molecule has 6 nitrogen and oxygen atoms in total. The number of rotatable bonds is 3. The normalized spacial score (nSPS) is 14.2. The Morgan fingerprint density at radius 2 is 1.86 bits per heavy atom. The molecule has 1 aliphatic heterocycles. The molecule has 0 atom stereocenters. The van der Waals surface area contributed by atoms with Crippen LogP contribution < -0.4 is 14.8 Å². The fraction of sp³-hybridized carbons (Fsp3) is 0.158. The molecule has 9 heteroatoms. The number of hydrogen-bond donors (Lipinski definition) is 1. The summed E-state index contributed by atoms with van der Waals surface area (Å²) in [6.07, 6.45) is -3.72. The summed E-state index contributed by atoms with van der Waals surface area (Å²) in [5, 5.41) is 6.54. The molecule has 0 unspecified atom stereocenters. The van der Waals surface area contributed by atoms with Gasteiger partial charge in [0.2, 0.25) is 5.95 Å². The summed E-state index contributed by atoms with van der Waals surface area (Å²) in [5.41, 5.74) is 1.52. The van der Waals surface area contributed by atoms with Crippen molar-refractivity contribution in [1.29, 1.82) is 0 Å². The number of benzene rings is 2. The van der Waals surface area contributed by atoms with Crippen LogP contribution in [0.1, 0.15) is 16.1 Å². The summed E-state index contributed by atoms with van der Waals surface area (Å²) in [4.78, 5) is 12.6. The standard InChI is InChI=1S/C19H14F3N3O3/c1-10-16(17(20)25(2)24-10)18(26)23-13-6-4-3-5-12(13)11-7-8-14-15(9-11)28-19(21,22)27-14/h3-9H,1-2H3,(H,23,26). The first-order valence-electron chi connectivity index (χ1n) is 8.25. The number of anilines is 1. The smallest absolute Gasteiger partial charge is 0.395 e. The Labute approximate surface area is 157 Å². The lowest BCUT2D eigenvalue weighted by Crippen LogP contribution is -2.25. The second-order valence-corrected chi connectivity index (χ2v) is 6.20. The number of hydrogen-bond acceptors (Lipinski definition) is 4. The number of nitrogens with one attached hydrogen (secondary N) is 1. The van der Waals surface area contributed by atoms with Crippen LogP contribution in [-0.4, -0.2) is 22.0 Å². The van der Waals surface area contributed by atoms with Crippen molar-refractivity contribution >= 4 is 11.6 Å². The molecule has 144 valence electrons. The lowest BCUT2D eigenvalue weighted by Gasteiger charge is -2.11. The molecule has 1 amide bonds. The first-order chi connectivity index (χ1) is 13.2. The van der Waals surface area contributed by atoms with Gasteiger partial charge in [-0.2, -0.15) is 9.49 Å². The zero-order valence-corrected chi connectivity index (χ0v) is 14.8. The summed E-state index contributed by atoms with van der Waals surface area (Å²) in [7, 11) is 1.40. The minimum Gasteiger partial charge on any atom is -0.395 e. The first kappa shape index (κ1) is 17.9. The van der Waals surface area contributed by atoms with E-state index in [1.54, 1.807) is 30.3 Å². The average molecular weight is 389 g/mol. The fourth-order valence-corrected chi connectivity index (χ4v) is 3.03. The van der Waals surface area contributed by atoms with Crippen molar-refractivity contribution in [1.82, 2.24) is 9.78 Å². The van der Waals surface area contributed by atoms with Gasteiger partial charge in [-0.15, -0.1) is 8.78 Å². The van der Waals surface area contributed by atoms with Crippen molar-refractivity contribution in [3.63, 3.8) is 0 Å². The number of amides is 1. The molecular formula is C19H14F3N3O3. The van der Waals surface area contributed by atoms with Crippen LogP contribution in [0.25, 0.3) is 11.1 Å². The van der Waals surface area contributed by atoms with E-state index in [2.05, 4.69) is 19.9 Å². The van der Waals surface area contributed by atoms with E-state index in [9.17, 15) is 18.0 Å². The number of halogens is 3. The number of alkyl halides is 2. The molecule has 0 saturated carbocycles.